The molecule has 0 rings (SSSR count). The first-order chi connectivity index (χ1) is 32.0. The van der Waals surface area contributed by atoms with Crippen molar-refractivity contribution in [3.63, 3.8) is 0 Å². The van der Waals surface area contributed by atoms with Crippen molar-refractivity contribution in [3.8, 4) is 0 Å². The van der Waals surface area contributed by atoms with Crippen LogP contribution in [0.3, 0.4) is 0 Å². The van der Waals surface area contributed by atoms with Crippen LogP contribution in [0.4, 0.5) is 0 Å². The monoisotopic (exact) mass is 911 g/mol. The number of hydrogen-bond acceptors (Lipinski definition) is 6. The molecule has 0 radical (unpaired) electrons. The maximum atomic E-state index is 12.8. The molecule has 1 atom stereocenters. The van der Waals surface area contributed by atoms with Crippen molar-refractivity contribution in [2.45, 2.75) is 297 Å². The summed E-state index contributed by atoms with van der Waals surface area (Å²) in [4.78, 5) is 38.1. The summed E-state index contributed by atoms with van der Waals surface area (Å²) < 4.78 is 16.8. The zero-order valence-corrected chi connectivity index (χ0v) is 43.3. The number of ether oxygens (including phenoxy) is 3. The average Bonchev–Trinajstić information content (AvgIpc) is 3.30. The number of unbranched alkanes of at least 4 members (excludes halogenated alkanes) is 32. The van der Waals surface area contributed by atoms with Gasteiger partial charge in [0.1, 0.15) is 13.2 Å². The smallest absolute Gasteiger partial charge is 0.306 e. The van der Waals surface area contributed by atoms with Gasteiger partial charge in [-0.25, -0.2) is 0 Å². The lowest BCUT2D eigenvalue weighted by Gasteiger charge is -2.18. The van der Waals surface area contributed by atoms with Gasteiger partial charge >= 0.3 is 17.9 Å². The molecule has 0 aliphatic heterocycles. The van der Waals surface area contributed by atoms with Crippen LogP contribution in [0.2, 0.25) is 0 Å². The fourth-order valence-corrected chi connectivity index (χ4v) is 8.10. The van der Waals surface area contributed by atoms with Crippen LogP contribution in [0, 0.1) is 0 Å². The predicted octanol–water partition coefficient (Wildman–Crippen LogP) is 18.7. The molecule has 0 amide bonds. The van der Waals surface area contributed by atoms with E-state index in [1.807, 2.05) is 0 Å². The quantitative estimate of drug-likeness (QED) is 0.0262. The maximum Gasteiger partial charge on any atom is 0.306 e. The van der Waals surface area contributed by atoms with Crippen molar-refractivity contribution >= 4 is 17.9 Å². The van der Waals surface area contributed by atoms with Gasteiger partial charge in [-0.3, -0.25) is 14.4 Å². The highest BCUT2D eigenvalue weighted by molar-refractivity contribution is 5.71. The molecule has 0 spiro atoms. The number of carbonyl (C=O) groups excluding carboxylic acids is 3. The highest BCUT2D eigenvalue weighted by atomic mass is 16.6. The van der Waals surface area contributed by atoms with Gasteiger partial charge < -0.3 is 14.2 Å². The van der Waals surface area contributed by atoms with Crippen LogP contribution in [0.5, 0.6) is 0 Å². The second kappa shape index (κ2) is 54.0. The molecular weight excluding hydrogens is 805 g/mol. The van der Waals surface area contributed by atoms with Gasteiger partial charge in [0.2, 0.25) is 0 Å². The fourth-order valence-electron chi connectivity index (χ4n) is 8.10. The van der Waals surface area contributed by atoms with Crippen LogP contribution in [-0.4, -0.2) is 37.2 Å². The minimum atomic E-state index is -0.783. The third kappa shape index (κ3) is 52.2. The summed E-state index contributed by atoms with van der Waals surface area (Å²) in [6.45, 7) is 6.53. The SMILES string of the molecule is CC/C=C\C/C=C\C/C=C\CCCCCCCCC(=O)OC(COC(=O)CCCCC/C=C\CCCCCCCCC)COC(=O)CCCCCCCCCCCCCCCCCCC. The molecule has 0 saturated carbocycles. The van der Waals surface area contributed by atoms with E-state index >= 15 is 0 Å². The first-order valence-electron chi connectivity index (χ1n) is 28.1. The van der Waals surface area contributed by atoms with E-state index in [2.05, 4.69) is 69.4 Å². The van der Waals surface area contributed by atoms with E-state index in [1.54, 1.807) is 0 Å². The Balaban J connectivity index is 4.38. The Morgan fingerprint density at radius 3 is 0.969 bits per heavy atom. The second-order valence-corrected chi connectivity index (χ2v) is 18.8. The van der Waals surface area contributed by atoms with Crippen molar-refractivity contribution in [3.05, 3.63) is 48.6 Å². The first-order valence-corrected chi connectivity index (χ1v) is 28.1. The van der Waals surface area contributed by atoms with Gasteiger partial charge in [-0.1, -0.05) is 243 Å². The van der Waals surface area contributed by atoms with Crippen LogP contribution >= 0.6 is 0 Å². The number of allylic oxidation sites excluding steroid dienone is 8. The Labute approximate surface area is 403 Å². The molecule has 0 aromatic rings. The largest absolute Gasteiger partial charge is 0.462 e. The summed E-state index contributed by atoms with van der Waals surface area (Å²) in [6, 6.07) is 0. The third-order valence-electron chi connectivity index (χ3n) is 12.3. The van der Waals surface area contributed by atoms with E-state index < -0.39 is 6.10 Å². The minimum absolute atomic E-state index is 0.0803. The van der Waals surface area contributed by atoms with Crippen molar-refractivity contribution in [1.82, 2.24) is 0 Å². The van der Waals surface area contributed by atoms with Crippen LogP contribution < -0.4 is 0 Å². The summed E-state index contributed by atoms with van der Waals surface area (Å²) >= 11 is 0. The van der Waals surface area contributed by atoms with E-state index in [0.29, 0.717) is 19.3 Å². The number of carbonyl (C=O) groups is 3. The summed E-state index contributed by atoms with van der Waals surface area (Å²) in [7, 11) is 0. The number of esters is 3. The van der Waals surface area contributed by atoms with Crippen LogP contribution in [0.25, 0.3) is 0 Å². The minimum Gasteiger partial charge on any atom is -0.462 e. The molecule has 65 heavy (non-hydrogen) atoms. The molecule has 0 saturated heterocycles. The zero-order chi connectivity index (χ0) is 47.2. The molecule has 6 nitrogen and oxygen atoms in total. The van der Waals surface area contributed by atoms with E-state index in [4.69, 9.17) is 14.2 Å². The Hall–Kier alpha value is -2.63. The Bertz CT molecular complexity index is 1140. The molecule has 378 valence electrons. The molecule has 0 fully saturated rings. The molecule has 0 aromatic heterocycles. The fraction of sp³-hybridized carbons (Fsp3) is 0.814. The summed E-state index contributed by atoms with van der Waals surface area (Å²) in [5.74, 6) is -0.897. The van der Waals surface area contributed by atoms with E-state index in [0.717, 1.165) is 103 Å². The van der Waals surface area contributed by atoms with E-state index in [1.165, 1.54) is 148 Å². The van der Waals surface area contributed by atoms with Gasteiger partial charge in [-0.05, 0) is 77.0 Å². The van der Waals surface area contributed by atoms with E-state index in [9.17, 15) is 14.4 Å². The lowest BCUT2D eigenvalue weighted by atomic mass is 10.0. The van der Waals surface area contributed by atoms with Gasteiger partial charge in [0, 0.05) is 19.3 Å². The molecule has 0 N–H and O–H groups in total. The van der Waals surface area contributed by atoms with Crippen LogP contribution in [0.15, 0.2) is 48.6 Å². The Kier molecular flexibility index (Phi) is 51.8. The van der Waals surface area contributed by atoms with Crippen molar-refractivity contribution in [1.29, 1.82) is 0 Å². The van der Waals surface area contributed by atoms with Gasteiger partial charge in [0.15, 0.2) is 6.10 Å². The molecule has 0 aliphatic carbocycles. The van der Waals surface area contributed by atoms with Crippen molar-refractivity contribution < 1.29 is 28.6 Å². The molecule has 0 aromatic carbocycles. The van der Waals surface area contributed by atoms with Gasteiger partial charge in [-0.2, -0.15) is 0 Å². The molecule has 1 unspecified atom stereocenters. The lowest BCUT2D eigenvalue weighted by Crippen LogP contribution is -2.30. The summed E-state index contributed by atoms with van der Waals surface area (Å²) in [6.07, 6.45) is 65.3. The van der Waals surface area contributed by atoms with Gasteiger partial charge in [0.25, 0.3) is 0 Å². The highest BCUT2D eigenvalue weighted by Gasteiger charge is 2.19. The second-order valence-electron chi connectivity index (χ2n) is 18.8. The van der Waals surface area contributed by atoms with Gasteiger partial charge in [-0.15, -0.1) is 0 Å². The zero-order valence-electron chi connectivity index (χ0n) is 43.3. The van der Waals surface area contributed by atoms with Crippen LogP contribution in [-0.2, 0) is 28.6 Å². The van der Waals surface area contributed by atoms with Gasteiger partial charge in [0.05, 0.1) is 0 Å². The molecule has 0 heterocycles. The molecule has 6 heteroatoms. The average molecular weight is 911 g/mol. The standard InChI is InChI=1S/C59H106O6/c1-4-7-10-13-16-19-22-25-28-30-32-34-37-40-43-46-49-52-58(61)64-55-56(54-63-57(60)51-48-45-42-39-36-33-27-24-21-18-15-12-9-6-3)65-59(62)53-50-47-44-41-38-35-31-29-26-23-20-17-14-11-8-5-2/h8,11,17,20,26,29,33,36,56H,4-7,9-10,12-16,18-19,21-25,27-28,30-32,34-35,37-55H2,1-3H3/b11-8-,20-17-,29-26-,36-33-. The van der Waals surface area contributed by atoms with Crippen molar-refractivity contribution in [2.24, 2.45) is 0 Å². The summed E-state index contributed by atoms with van der Waals surface area (Å²) in [5.41, 5.74) is 0. The Morgan fingerprint density at radius 1 is 0.323 bits per heavy atom. The topological polar surface area (TPSA) is 78.9 Å². The first kappa shape index (κ1) is 62.4. The van der Waals surface area contributed by atoms with E-state index in [-0.39, 0.29) is 31.1 Å². The number of hydrogen-bond donors (Lipinski definition) is 0. The highest BCUT2D eigenvalue weighted by Crippen LogP contribution is 2.16. The molecule has 0 aliphatic rings. The molecular formula is C59H106O6. The number of rotatable bonds is 51. The Morgan fingerprint density at radius 2 is 0.600 bits per heavy atom. The summed E-state index contributed by atoms with van der Waals surface area (Å²) in [5, 5.41) is 0. The lowest BCUT2D eigenvalue weighted by molar-refractivity contribution is -0.167. The van der Waals surface area contributed by atoms with Crippen molar-refractivity contribution in [2.75, 3.05) is 13.2 Å². The third-order valence-corrected chi connectivity index (χ3v) is 12.3. The van der Waals surface area contributed by atoms with Crippen LogP contribution in [0.1, 0.15) is 290 Å². The predicted molar refractivity (Wildman–Crippen MR) is 279 cm³/mol. The maximum absolute atomic E-state index is 12.8. The molecule has 0 bridgehead atoms. The normalized spacial score (nSPS) is 12.4.